The summed E-state index contributed by atoms with van der Waals surface area (Å²) >= 11 is 0. The van der Waals surface area contributed by atoms with Crippen molar-refractivity contribution in [1.29, 1.82) is 0 Å². The molecule has 0 amide bonds. The minimum atomic E-state index is -1.03. The predicted molar refractivity (Wildman–Crippen MR) is 239 cm³/mol. The maximum Gasteiger partial charge on any atom is 0.383 e. The Kier molecular flexibility index (Phi) is 14.9. The molecule has 0 unspecified atom stereocenters. The van der Waals surface area contributed by atoms with Crippen molar-refractivity contribution in [1.82, 2.24) is 0 Å². The Morgan fingerprint density at radius 3 is 1.52 bits per heavy atom. The fourth-order valence-electron chi connectivity index (χ4n) is 7.40. The van der Waals surface area contributed by atoms with Crippen molar-refractivity contribution in [2.75, 3.05) is 6.61 Å². The van der Waals surface area contributed by atoms with Crippen LogP contribution < -0.4 is 19.8 Å². The first kappa shape index (κ1) is 43.4. The SMILES string of the molecule is CC(C)Oc1c(OCc2ccccc2)c2ccc(O[C@H]3O[C@H](COCc4ccccc4)[C@@H](OCc4ccccc4)[C@H](OCc4ccccc4)[C@@H]3OCc3ccccc3)cc2oc1=O. The van der Waals surface area contributed by atoms with E-state index in [9.17, 15) is 4.79 Å². The highest BCUT2D eigenvalue weighted by atomic mass is 16.7. The molecule has 0 saturated carbocycles. The molecule has 10 heteroatoms. The smallest absolute Gasteiger partial charge is 0.383 e. The number of fused-ring (bicyclic) bond motifs is 1. The zero-order chi connectivity index (χ0) is 43.2. The van der Waals surface area contributed by atoms with E-state index >= 15 is 0 Å². The lowest BCUT2D eigenvalue weighted by molar-refractivity contribution is -0.310. The summed E-state index contributed by atoms with van der Waals surface area (Å²) in [7, 11) is 0. The van der Waals surface area contributed by atoms with E-state index in [0.717, 1.165) is 27.8 Å². The van der Waals surface area contributed by atoms with Crippen LogP contribution in [0, 0.1) is 0 Å². The molecule has 6 aromatic carbocycles. The van der Waals surface area contributed by atoms with E-state index in [1.165, 1.54) is 0 Å². The molecule has 0 N–H and O–H groups in total. The Labute approximate surface area is 367 Å². The lowest BCUT2D eigenvalue weighted by Gasteiger charge is -2.45. The molecule has 324 valence electrons. The average molecular weight is 849 g/mol. The van der Waals surface area contributed by atoms with Crippen molar-refractivity contribution in [3.05, 3.63) is 208 Å². The summed E-state index contributed by atoms with van der Waals surface area (Å²) < 4.78 is 58.7. The highest BCUT2D eigenvalue weighted by molar-refractivity contribution is 5.86. The van der Waals surface area contributed by atoms with E-state index in [2.05, 4.69) is 0 Å². The van der Waals surface area contributed by atoms with Gasteiger partial charge in [0.25, 0.3) is 0 Å². The van der Waals surface area contributed by atoms with E-state index in [-0.39, 0.29) is 49.6 Å². The molecule has 2 heterocycles. The van der Waals surface area contributed by atoms with Crippen molar-refractivity contribution in [2.24, 2.45) is 0 Å². The van der Waals surface area contributed by atoms with Gasteiger partial charge in [0.15, 0.2) is 5.75 Å². The van der Waals surface area contributed by atoms with Crippen molar-refractivity contribution < 1.29 is 42.3 Å². The van der Waals surface area contributed by atoms with E-state index < -0.39 is 36.3 Å². The molecule has 63 heavy (non-hydrogen) atoms. The van der Waals surface area contributed by atoms with Crippen LogP contribution in [0.4, 0.5) is 0 Å². The quantitative estimate of drug-likeness (QED) is 0.0689. The molecule has 0 bridgehead atoms. The average Bonchev–Trinajstić information content (AvgIpc) is 3.31. The summed E-state index contributed by atoms with van der Waals surface area (Å²) in [4.78, 5) is 13.6. The normalized spacial score (nSPS) is 18.6. The first-order valence-electron chi connectivity index (χ1n) is 21.3. The Morgan fingerprint density at radius 2 is 1.00 bits per heavy atom. The second-order valence-corrected chi connectivity index (χ2v) is 15.6. The van der Waals surface area contributed by atoms with Crippen LogP contribution in [0.5, 0.6) is 17.2 Å². The third-order valence-corrected chi connectivity index (χ3v) is 10.5. The van der Waals surface area contributed by atoms with Crippen LogP contribution in [0.15, 0.2) is 179 Å². The minimum absolute atomic E-state index is 0.00499. The summed E-state index contributed by atoms with van der Waals surface area (Å²) in [5, 5.41) is 0.542. The van der Waals surface area contributed by atoms with E-state index in [4.69, 9.17) is 42.3 Å². The van der Waals surface area contributed by atoms with Gasteiger partial charge in [-0.05, 0) is 53.8 Å². The van der Waals surface area contributed by atoms with Crippen molar-refractivity contribution in [2.45, 2.75) is 83.7 Å². The largest absolute Gasteiger partial charge is 0.484 e. The molecule has 1 fully saturated rings. The summed E-state index contributed by atoms with van der Waals surface area (Å²) in [6.45, 7) is 5.25. The van der Waals surface area contributed by atoms with Gasteiger partial charge in [0, 0.05) is 6.07 Å². The predicted octanol–water partition coefficient (Wildman–Crippen LogP) is 10.2. The lowest BCUT2D eigenvalue weighted by Crippen LogP contribution is -2.62. The number of ether oxygens (including phenoxy) is 8. The number of rotatable bonds is 20. The monoisotopic (exact) mass is 848 g/mol. The summed E-state index contributed by atoms with van der Waals surface area (Å²) in [6, 6.07) is 54.8. The molecule has 0 spiro atoms. The molecular weight excluding hydrogens is 797 g/mol. The Morgan fingerprint density at radius 1 is 0.524 bits per heavy atom. The number of benzene rings is 6. The lowest BCUT2D eigenvalue weighted by atomic mass is 9.97. The zero-order valence-corrected chi connectivity index (χ0v) is 35.5. The van der Waals surface area contributed by atoms with Gasteiger partial charge in [-0.1, -0.05) is 152 Å². The van der Waals surface area contributed by atoms with Crippen molar-refractivity contribution in [3.63, 3.8) is 0 Å². The van der Waals surface area contributed by atoms with Crippen LogP contribution >= 0.6 is 0 Å². The van der Waals surface area contributed by atoms with Gasteiger partial charge < -0.3 is 42.3 Å². The van der Waals surface area contributed by atoms with E-state index in [1.807, 2.05) is 166 Å². The molecule has 1 saturated heterocycles. The van der Waals surface area contributed by atoms with Gasteiger partial charge in [0.05, 0.1) is 44.5 Å². The van der Waals surface area contributed by atoms with Crippen LogP contribution in [-0.4, -0.2) is 43.4 Å². The minimum Gasteiger partial charge on any atom is -0.484 e. The van der Waals surface area contributed by atoms with Gasteiger partial charge in [0.1, 0.15) is 42.4 Å². The molecule has 8 rings (SSSR count). The van der Waals surface area contributed by atoms with Gasteiger partial charge >= 0.3 is 5.63 Å². The fourth-order valence-corrected chi connectivity index (χ4v) is 7.40. The Bertz CT molecular complexity index is 2500. The Balaban J connectivity index is 1.15. The van der Waals surface area contributed by atoms with Gasteiger partial charge in [0.2, 0.25) is 12.0 Å². The third kappa shape index (κ3) is 11.8. The van der Waals surface area contributed by atoms with Crippen LogP contribution in [0.25, 0.3) is 11.0 Å². The van der Waals surface area contributed by atoms with E-state index in [1.54, 1.807) is 18.2 Å². The van der Waals surface area contributed by atoms with Crippen molar-refractivity contribution >= 4 is 11.0 Å². The molecule has 10 nitrogen and oxygen atoms in total. The zero-order valence-electron chi connectivity index (χ0n) is 35.5. The number of hydrogen-bond donors (Lipinski definition) is 0. The standard InChI is InChI=1S/C53H52O10/c1-37(2)60-50-47(56-32-39-20-10-4-11-21-39)44-29-28-43(30-45(44)62-52(50)54)61-53-51(59-35-42-26-16-7-17-27-42)49(58-34-41-24-14-6-15-25-41)48(57-33-40-22-12-5-13-23-40)46(63-53)36-55-31-38-18-8-3-9-19-38/h3-30,37,46,48-49,51,53H,31-36H2,1-2H3/t46-,48-,49+,51+,53+/m1/s1. The summed E-state index contributed by atoms with van der Waals surface area (Å²) in [5.74, 6) is 0.655. The van der Waals surface area contributed by atoms with Crippen LogP contribution in [0.2, 0.25) is 0 Å². The van der Waals surface area contributed by atoms with Gasteiger partial charge in [-0.2, -0.15) is 0 Å². The van der Waals surface area contributed by atoms with Crippen LogP contribution in [-0.2, 0) is 56.7 Å². The maximum atomic E-state index is 13.6. The van der Waals surface area contributed by atoms with Gasteiger partial charge in [-0.3, -0.25) is 0 Å². The van der Waals surface area contributed by atoms with Crippen LogP contribution in [0.3, 0.4) is 0 Å². The molecule has 1 aliphatic rings. The highest BCUT2D eigenvalue weighted by Crippen LogP contribution is 2.38. The molecule has 5 atom stereocenters. The number of hydrogen-bond acceptors (Lipinski definition) is 10. The van der Waals surface area contributed by atoms with Crippen molar-refractivity contribution in [3.8, 4) is 17.2 Å². The van der Waals surface area contributed by atoms with Gasteiger partial charge in [-0.15, -0.1) is 0 Å². The molecule has 0 aliphatic carbocycles. The highest BCUT2D eigenvalue weighted by Gasteiger charge is 2.50. The third-order valence-electron chi connectivity index (χ3n) is 10.5. The maximum absolute atomic E-state index is 13.6. The van der Waals surface area contributed by atoms with E-state index in [0.29, 0.717) is 24.3 Å². The second-order valence-electron chi connectivity index (χ2n) is 15.6. The molecule has 7 aromatic rings. The topological polar surface area (TPSA) is 104 Å². The Hall–Kier alpha value is -6.27. The fraction of sp³-hybridized carbons (Fsp3) is 0.264. The van der Waals surface area contributed by atoms with Gasteiger partial charge in [-0.25, -0.2) is 4.79 Å². The molecule has 1 aromatic heterocycles. The summed E-state index contributed by atoms with van der Waals surface area (Å²) in [5.41, 5.74) is 4.48. The molecule has 1 aliphatic heterocycles. The first-order chi connectivity index (χ1) is 31.0. The summed E-state index contributed by atoms with van der Waals surface area (Å²) in [6.07, 6.45) is -4.15. The van der Waals surface area contributed by atoms with Crippen LogP contribution in [0.1, 0.15) is 41.7 Å². The molecule has 0 radical (unpaired) electrons. The first-order valence-corrected chi connectivity index (χ1v) is 21.3. The second kappa shape index (κ2) is 21.7. The molecular formula is C53H52O10.